The van der Waals surface area contributed by atoms with Gasteiger partial charge in [0.2, 0.25) is 0 Å². The number of hydrogen-bond acceptors (Lipinski definition) is 4. The topological polar surface area (TPSA) is 133 Å². The SMILES string of the molecule is NCCCNC(=O)NC1(c2ncc(C(=O)O)[nH]2)CCC1. The van der Waals surface area contributed by atoms with Crippen LogP contribution in [-0.4, -0.2) is 40.2 Å². The van der Waals surface area contributed by atoms with Crippen LogP contribution in [0, 0.1) is 0 Å². The molecule has 1 aromatic heterocycles. The van der Waals surface area contributed by atoms with E-state index in [0.29, 0.717) is 25.3 Å². The number of rotatable bonds is 6. The van der Waals surface area contributed by atoms with E-state index in [4.69, 9.17) is 10.8 Å². The summed E-state index contributed by atoms with van der Waals surface area (Å²) >= 11 is 0. The summed E-state index contributed by atoms with van der Waals surface area (Å²) < 4.78 is 0. The Hall–Kier alpha value is -2.09. The van der Waals surface area contributed by atoms with Gasteiger partial charge in [0.05, 0.1) is 11.7 Å². The summed E-state index contributed by atoms with van der Waals surface area (Å²) in [6, 6.07) is -0.286. The van der Waals surface area contributed by atoms with E-state index < -0.39 is 11.5 Å². The normalized spacial score (nSPS) is 16.2. The highest BCUT2D eigenvalue weighted by Crippen LogP contribution is 2.39. The number of urea groups is 1. The lowest BCUT2D eigenvalue weighted by atomic mass is 9.76. The van der Waals surface area contributed by atoms with E-state index in [1.165, 1.54) is 6.20 Å². The van der Waals surface area contributed by atoms with Crippen molar-refractivity contribution >= 4 is 12.0 Å². The zero-order chi connectivity index (χ0) is 14.6. The molecule has 1 saturated carbocycles. The van der Waals surface area contributed by atoms with Crippen molar-refractivity contribution in [1.82, 2.24) is 20.6 Å². The Morgan fingerprint density at radius 3 is 2.75 bits per heavy atom. The molecule has 0 saturated heterocycles. The second kappa shape index (κ2) is 5.91. The molecule has 6 N–H and O–H groups in total. The number of nitrogens with one attached hydrogen (secondary N) is 3. The second-order valence-electron chi connectivity index (χ2n) is 4.91. The first-order chi connectivity index (χ1) is 9.57. The molecular weight excluding hydrogens is 262 g/mol. The number of carboxylic acids is 1. The number of carbonyl (C=O) groups is 2. The Bertz CT molecular complexity index is 495. The van der Waals surface area contributed by atoms with E-state index in [1.807, 2.05) is 0 Å². The van der Waals surface area contributed by atoms with E-state index in [9.17, 15) is 9.59 Å². The van der Waals surface area contributed by atoms with Gasteiger partial charge in [-0.25, -0.2) is 14.6 Å². The van der Waals surface area contributed by atoms with Gasteiger partial charge in [0.25, 0.3) is 0 Å². The monoisotopic (exact) mass is 281 g/mol. The number of nitrogens with two attached hydrogens (primary N) is 1. The quantitative estimate of drug-likeness (QED) is 0.473. The number of aromatic carboxylic acids is 1. The molecule has 1 aliphatic rings. The highest BCUT2D eigenvalue weighted by molar-refractivity contribution is 5.85. The molecular formula is C12H19N5O3. The van der Waals surface area contributed by atoms with Crippen LogP contribution in [0.15, 0.2) is 6.20 Å². The van der Waals surface area contributed by atoms with Crippen LogP contribution >= 0.6 is 0 Å². The first kappa shape index (κ1) is 14.3. The molecule has 20 heavy (non-hydrogen) atoms. The average molecular weight is 281 g/mol. The molecule has 2 rings (SSSR count). The third-order valence-electron chi connectivity index (χ3n) is 3.49. The van der Waals surface area contributed by atoms with Crippen LogP contribution in [0.2, 0.25) is 0 Å². The van der Waals surface area contributed by atoms with Crippen molar-refractivity contribution in [3.8, 4) is 0 Å². The van der Waals surface area contributed by atoms with E-state index in [2.05, 4.69) is 20.6 Å². The zero-order valence-electron chi connectivity index (χ0n) is 11.1. The van der Waals surface area contributed by atoms with Gasteiger partial charge in [0, 0.05) is 6.54 Å². The van der Waals surface area contributed by atoms with Crippen molar-refractivity contribution < 1.29 is 14.7 Å². The predicted molar refractivity (Wildman–Crippen MR) is 71.3 cm³/mol. The summed E-state index contributed by atoms with van der Waals surface area (Å²) in [4.78, 5) is 29.5. The minimum atomic E-state index is -1.06. The summed E-state index contributed by atoms with van der Waals surface area (Å²) in [5.74, 6) is -0.569. The van der Waals surface area contributed by atoms with E-state index in [1.54, 1.807) is 0 Å². The molecule has 1 aliphatic carbocycles. The van der Waals surface area contributed by atoms with Crippen molar-refractivity contribution in [2.45, 2.75) is 31.2 Å². The van der Waals surface area contributed by atoms with Crippen molar-refractivity contribution in [2.24, 2.45) is 5.73 Å². The molecule has 0 radical (unpaired) electrons. The van der Waals surface area contributed by atoms with Gasteiger partial charge in [0.1, 0.15) is 11.5 Å². The Balaban J connectivity index is 2.01. The van der Waals surface area contributed by atoms with Crippen molar-refractivity contribution in [1.29, 1.82) is 0 Å². The second-order valence-corrected chi connectivity index (χ2v) is 4.91. The molecule has 1 fully saturated rings. The summed E-state index contributed by atoms with van der Waals surface area (Å²) in [5, 5.41) is 14.5. The van der Waals surface area contributed by atoms with Gasteiger partial charge >= 0.3 is 12.0 Å². The number of carboxylic acid groups (broad SMARTS) is 1. The Labute approximate surface area is 116 Å². The summed E-state index contributed by atoms with van der Waals surface area (Å²) in [6.07, 6.45) is 4.43. The van der Waals surface area contributed by atoms with Gasteiger partial charge in [0.15, 0.2) is 0 Å². The molecule has 110 valence electrons. The third-order valence-corrected chi connectivity index (χ3v) is 3.49. The fourth-order valence-electron chi connectivity index (χ4n) is 2.19. The Kier molecular flexibility index (Phi) is 4.23. The summed E-state index contributed by atoms with van der Waals surface area (Å²) in [6.45, 7) is 1.03. The molecule has 0 spiro atoms. The van der Waals surface area contributed by atoms with Gasteiger partial charge in [-0.15, -0.1) is 0 Å². The van der Waals surface area contributed by atoms with Crippen molar-refractivity contribution in [3.63, 3.8) is 0 Å². The lowest BCUT2D eigenvalue weighted by Gasteiger charge is -2.40. The van der Waals surface area contributed by atoms with E-state index in [0.717, 1.165) is 19.3 Å². The fourth-order valence-corrected chi connectivity index (χ4v) is 2.19. The largest absolute Gasteiger partial charge is 0.477 e. The zero-order valence-corrected chi connectivity index (χ0v) is 11.1. The lowest BCUT2D eigenvalue weighted by molar-refractivity contribution is 0.0690. The third kappa shape index (κ3) is 2.90. The van der Waals surface area contributed by atoms with Crippen LogP contribution < -0.4 is 16.4 Å². The number of hydrogen-bond donors (Lipinski definition) is 5. The molecule has 0 unspecified atom stereocenters. The molecule has 0 aliphatic heterocycles. The van der Waals surface area contributed by atoms with Crippen LogP contribution in [0.5, 0.6) is 0 Å². The predicted octanol–water partition coefficient (Wildman–Crippen LogP) is 0.135. The van der Waals surface area contributed by atoms with Crippen LogP contribution in [0.25, 0.3) is 0 Å². The van der Waals surface area contributed by atoms with Crippen molar-refractivity contribution in [2.75, 3.05) is 13.1 Å². The lowest BCUT2D eigenvalue weighted by Crippen LogP contribution is -2.54. The number of imidazole rings is 1. The molecule has 1 aromatic rings. The maximum atomic E-state index is 11.8. The Morgan fingerprint density at radius 1 is 1.50 bits per heavy atom. The van der Waals surface area contributed by atoms with Crippen molar-refractivity contribution in [3.05, 3.63) is 17.7 Å². The first-order valence-electron chi connectivity index (χ1n) is 6.62. The molecule has 0 aromatic carbocycles. The minimum absolute atomic E-state index is 0.0246. The minimum Gasteiger partial charge on any atom is -0.477 e. The molecule has 8 nitrogen and oxygen atoms in total. The van der Waals surface area contributed by atoms with Gasteiger partial charge in [-0.05, 0) is 32.2 Å². The summed E-state index contributed by atoms with van der Waals surface area (Å²) in [5.41, 5.74) is 4.80. The van der Waals surface area contributed by atoms with Gasteiger partial charge < -0.3 is 26.5 Å². The number of nitrogens with zero attached hydrogens (tertiary/aromatic N) is 1. The molecule has 0 atom stereocenters. The van der Waals surface area contributed by atoms with Crippen LogP contribution in [0.3, 0.4) is 0 Å². The fraction of sp³-hybridized carbons (Fsp3) is 0.583. The highest BCUT2D eigenvalue weighted by Gasteiger charge is 2.42. The van der Waals surface area contributed by atoms with Gasteiger partial charge in [-0.2, -0.15) is 0 Å². The first-order valence-corrected chi connectivity index (χ1v) is 6.62. The number of aromatic amines is 1. The molecule has 0 bridgehead atoms. The van der Waals surface area contributed by atoms with Gasteiger partial charge in [-0.1, -0.05) is 0 Å². The smallest absolute Gasteiger partial charge is 0.353 e. The van der Waals surface area contributed by atoms with E-state index in [-0.39, 0.29) is 11.7 Å². The standard InChI is InChI=1S/C12H19N5O3/c13-5-2-6-14-11(20)17-12(3-1-4-12)10-15-7-8(16-10)9(18)19/h7H,1-6,13H2,(H,15,16)(H,18,19)(H2,14,17,20). The molecule has 8 heteroatoms. The van der Waals surface area contributed by atoms with Crippen LogP contribution in [0.1, 0.15) is 42.0 Å². The van der Waals surface area contributed by atoms with E-state index >= 15 is 0 Å². The number of aromatic nitrogens is 2. The highest BCUT2D eigenvalue weighted by atomic mass is 16.4. The summed E-state index contributed by atoms with van der Waals surface area (Å²) in [7, 11) is 0. The van der Waals surface area contributed by atoms with Gasteiger partial charge in [-0.3, -0.25) is 0 Å². The molecule has 1 heterocycles. The number of carbonyl (C=O) groups excluding carboxylic acids is 1. The maximum absolute atomic E-state index is 11.8. The molecule has 2 amide bonds. The number of amides is 2. The average Bonchev–Trinajstić information content (AvgIpc) is 2.84. The van der Waals surface area contributed by atoms with Crippen LogP contribution in [-0.2, 0) is 5.54 Å². The Morgan fingerprint density at radius 2 is 2.25 bits per heavy atom. The number of H-pyrrole nitrogens is 1. The van der Waals surface area contributed by atoms with Crippen LogP contribution in [0.4, 0.5) is 4.79 Å². The maximum Gasteiger partial charge on any atom is 0.353 e.